The first-order valence-corrected chi connectivity index (χ1v) is 10.8. The van der Waals surface area contributed by atoms with Crippen LogP contribution in [0.1, 0.15) is 34.7 Å². The number of nitrogens with one attached hydrogen (secondary N) is 1. The minimum absolute atomic E-state index is 0.0555. The number of para-hydroxylation sites is 1. The van der Waals surface area contributed by atoms with Crippen molar-refractivity contribution < 1.29 is 9.59 Å². The Balaban J connectivity index is 1.37. The van der Waals surface area contributed by atoms with Gasteiger partial charge < -0.3 is 14.8 Å². The van der Waals surface area contributed by atoms with Crippen LogP contribution < -0.4 is 10.2 Å². The third-order valence-corrected chi connectivity index (χ3v) is 6.16. The van der Waals surface area contributed by atoms with Crippen LogP contribution in [-0.4, -0.2) is 38.9 Å². The SMILES string of the molecule is C[C@@H](NC(=O)c1ccccc1)c1nnc(SCC(=O)N2CCc3ccccc32)n1C. The molecule has 0 saturated heterocycles. The molecule has 2 amide bonds. The number of benzene rings is 2. The monoisotopic (exact) mass is 421 g/mol. The first-order valence-electron chi connectivity index (χ1n) is 9.81. The standard InChI is InChI=1S/C22H23N5O2S/c1-15(23-21(29)17-9-4-3-5-10-17)20-24-25-22(26(20)2)30-14-19(28)27-13-12-16-8-6-7-11-18(16)27/h3-11,15H,12-14H2,1-2H3,(H,23,29)/t15-/m1/s1. The van der Waals surface area contributed by atoms with E-state index in [2.05, 4.69) is 21.6 Å². The van der Waals surface area contributed by atoms with E-state index in [0.29, 0.717) is 23.1 Å². The highest BCUT2D eigenvalue weighted by atomic mass is 32.2. The minimum Gasteiger partial charge on any atom is -0.342 e. The number of fused-ring (bicyclic) bond motifs is 1. The number of hydrogen-bond acceptors (Lipinski definition) is 5. The molecule has 0 aliphatic carbocycles. The van der Waals surface area contributed by atoms with E-state index in [1.807, 2.05) is 59.8 Å². The van der Waals surface area contributed by atoms with Gasteiger partial charge in [-0.1, -0.05) is 48.2 Å². The van der Waals surface area contributed by atoms with E-state index >= 15 is 0 Å². The molecule has 1 aromatic heterocycles. The minimum atomic E-state index is -0.314. The first-order chi connectivity index (χ1) is 14.5. The fourth-order valence-electron chi connectivity index (χ4n) is 3.56. The number of rotatable bonds is 6. The van der Waals surface area contributed by atoms with Crippen LogP contribution in [0, 0.1) is 0 Å². The Morgan fingerprint density at radius 2 is 1.83 bits per heavy atom. The second-order valence-electron chi connectivity index (χ2n) is 7.17. The van der Waals surface area contributed by atoms with Crippen molar-refractivity contribution in [1.29, 1.82) is 0 Å². The van der Waals surface area contributed by atoms with Crippen molar-refractivity contribution >= 4 is 29.3 Å². The Kier molecular flexibility index (Phi) is 5.85. The number of aromatic nitrogens is 3. The van der Waals surface area contributed by atoms with Gasteiger partial charge in [0.1, 0.15) is 0 Å². The zero-order chi connectivity index (χ0) is 21.1. The number of nitrogens with zero attached hydrogens (tertiary/aromatic N) is 4. The van der Waals surface area contributed by atoms with E-state index in [4.69, 9.17) is 0 Å². The molecule has 1 atom stereocenters. The van der Waals surface area contributed by atoms with Crippen LogP contribution in [0.2, 0.25) is 0 Å². The third kappa shape index (κ3) is 4.09. The fourth-order valence-corrected chi connectivity index (χ4v) is 4.36. The second kappa shape index (κ2) is 8.71. The van der Waals surface area contributed by atoms with Crippen molar-refractivity contribution in [3.8, 4) is 0 Å². The molecule has 1 aliphatic heterocycles. The summed E-state index contributed by atoms with van der Waals surface area (Å²) in [6.45, 7) is 2.58. The molecule has 7 nitrogen and oxygen atoms in total. The van der Waals surface area contributed by atoms with Gasteiger partial charge in [0.05, 0.1) is 11.8 Å². The normalized spacial score (nSPS) is 13.7. The van der Waals surface area contributed by atoms with Crippen LogP contribution >= 0.6 is 11.8 Å². The van der Waals surface area contributed by atoms with Gasteiger partial charge in [0.25, 0.3) is 5.91 Å². The Bertz CT molecular complexity index is 1070. The van der Waals surface area contributed by atoms with E-state index in [0.717, 1.165) is 12.1 Å². The van der Waals surface area contributed by atoms with Gasteiger partial charge >= 0.3 is 0 Å². The number of thioether (sulfide) groups is 1. The van der Waals surface area contributed by atoms with Crippen LogP contribution in [0.25, 0.3) is 0 Å². The van der Waals surface area contributed by atoms with Crippen molar-refractivity contribution in [3.05, 3.63) is 71.5 Å². The number of anilines is 1. The Morgan fingerprint density at radius 3 is 2.63 bits per heavy atom. The molecule has 0 saturated carbocycles. The molecule has 4 rings (SSSR count). The van der Waals surface area contributed by atoms with Crippen molar-refractivity contribution in [2.45, 2.75) is 24.5 Å². The summed E-state index contributed by atoms with van der Waals surface area (Å²) in [7, 11) is 1.85. The lowest BCUT2D eigenvalue weighted by Gasteiger charge is -2.17. The van der Waals surface area contributed by atoms with Crippen LogP contribution in [0.4, 0.5) is 5.69 Å². The average molecular weight is 422 g/mol. The molecule has 8 heteroatoms. The molecular weight excluding hydrogens is 398 g/mol. The van der Waals surface area contributed by atoms with Crippen molar-refractivity contribution in [3.63, 3.8) is 0 Å². The molecule has 30 heavy (non-hydrogen) atoms. The first kappa shape index (κ1) is 20.2. The number of carbonyl (C=O) groups is 2. The predicted octanol–water partition coefficient (Wildman–Crippen LogP) is 2.99. The van der Waals surface area contributed by atoms with Gasteiger partial charge in [0.2, 0.25) is 5.91 Å². The summed E-state index contributed by atoms with van der Waals surface area (Å²) in [5, 5.41) is 12.0. The fraction of sp³-hybridized carbons (Fsp3) is 0.273. The molecule has 0 fully saturated rings. The molecule has 0 spiro atoms. The second-order valence-corrected chi connectivity index (χ2v) is 8.12. The van der Waals surface area contributed by atoms with Gasteiger partial charge in [-0.25, -0.2) is 0 Å². The molecule has 2 aromatic carbocycles. The molecule has 0 unspecified atom stereocenters. The molecule has 2 heterocycles. The van der Waals surface area contributed by atoms with Crippen molar-refractivity contribution in [2.24, 2.45) is 7.05 Å². The van der Waals surface area contributed by atoms with Gasteiger partial charge in [0, 0.05) is 24.8 Å². The van der Waals surface area contributed by atoms with E-state index in [-0.39, 0.29) is 23.6 Å². The van der Waals surface area contributed by atoms with Crippen LogP contribution in [0.15, 0.2) is 59.8 Å². The maximum absolute atomic E-state index is 12.7. The summed E-state index contributed by atoms with van der Waals surface area (Å²) >= 11 is 1.36. The van der Waals surface area contributed by atoms with E-state index < -0.39 is 0 Å². The maximum atomic E-state index is 12.7. The number of carbonyl (C=O) groups excluding carboxylic acids is 2. The average Bonchev–Trinajstić information content (AvgIpc) is 3.36. The highest BCUT2D eigenvalue weighted by Gasteiger charge is 2.25. The summed E-state index contributed by atoms with van der Waals surface area (Å²) < 4.78 is 1.83. The lowest BCUT2D eigenvalue weighted by atomic mass is 10.2. The molecule has 0 radical (unpaired) electrons. The summed E-state index contributed by atoms with van der Waals surface area (Å²) in [4.78, 5) is 26.9. The van der Waals surface area contributed by atoms with Crippen LogP contribution in [0.3, 0.4) is 0 Å². The summed E-state index contributed by atoms with van der Waals surface area (Å²) in [6, 6.07) is 16.7. The smallest absolute Gasteiger partial charge is 0.251 e. The summed E-state index contributed by atoms with van der Waals surface area (Å²) in [6.07, 6.45) is 0.888. The van der Waals surface area contributed by atoms with E-state index in [1.165, 1.54) is 17.3 Å². The van der Waals surface area contributed by atoms with Crippen LogP contribution in [0.5, 0.6) is 0 Å². The lowest BCUT2D eigenvalue weighted by molar-refractivity contribution is -0.116. The lowest BCUT2D eigenvalue weighted by Crippen LogP contribution is -2.30. The zero-order valence-corrected chi connectivity index (χ0v) is 17.7. The zero-order valence-electron chi connectivity index (χ0n) is 16.9. The molecule has 3 aromatic rings. The molecule has 1 N–H and O–H groups in total. The van der Waals surface area contributed by atoms with Gasteiger partial charge in [0.15, 0.2) is 11.0 Å². The Morgan fingerprint density at radius 1 is 1.10 bits per heavy atom. The molecular formula is C22H23N5O2S. The Hall–Kier alpha value is -3.13. The van der Waals surface area contributed by atoms with Gasteiger partial charge in [-0.15, -0.1) is 10.2 Å². The highest BCUT2D eigenvalue weighted by Crippen LogP contribution is 2.29. The third-order valence-electron chi connectivity index (χ3n) is 5.15. The highest BCUT2D eigenvalue weighted by molar-refractivity contribution is 7.99. The summed E-state index contributed by atoms with van der Waals surface area (Å²) in [5.74, 6) is 0.814. The van der Waals surface area contributed by atoms with E-state index in [9.17, 15) is 9.59 Å². The molecule has 0 bridgehead atoms. The predicted molar refractivity (Wildman–Crippen MR) is 117 cm³/mol. The molecule has 1 aliphatic rings. The quantitative estimate of drug-likeness (QED) is 0.619. The largest absolute Gasteiger partial charge is 0.342 e. The summed E-state index contributed by atoms with van der Waals surface area (Å²) in [5.41, 5.74) is 2.80. The number of hydrogen-bond donors (Lipinski definition) is 1. The maximum Gasteiger partial charge on any atom is 0.251 e. The topological polar surface area (TPSA) is 80.1 Å². The van der Waals surface area contributed by atoms with Crippen molar-refractivity contribution in [2.75, 3.05) is 17.2 Å². The van der Waals surface area contributed by atoms with Crippen molar-refractivity contribution in [1.82, 2.24) is 20.1 Å². The van der Waals surface area contributed by atoms with Gasteiger partial charge in [-0.05, 0) is 37.1 Å². The Labute approximate surface area is 179 Å². The van der Waals surface area contributed by atoms with Gasteiger partial charge in [-0.3, -0.25) is 9.59 Å². The molecule has 154 valence electrons. The van der Waals surface area contributed by atoms with Crippen LogP contribution in [-0.2, 0) is 18.3 Å². The number of amides is 2. The van der Waals surface area contributed by atoms with E-state index in [1.54, 1.807) is 12.1 Å². The van der Waals surface area contributed by atoms with Gasteiger partial charge in [-0.2, -0.15) is 0 Å².